The molecule has 26 heavy (non-hydrogen) atoms. The van der Waals surface area contributed by atoms with E-state index in [1.165, 1.54) is 0 Å². The number of para-hydroxylation sites is 1. The van der Waals surface area contributed by atoms with Gasteiger partial charge in [-0.15, -0.1) is 5.10 Å². The van der Waals surface area contributed by atoms with Gasteiger partial charge in [-0.1, -0.05) is 36.4 Å². The molecule has 1 saturated heterocycles. The molecule has 6 nitrogen and oxygen atoms in total. The first kappa shape index (κ1) is 16.3. The first-order chi connectivity index (χ1) is 12.8. The number of carbonyl (C=O) groups is 1. The number of ether oxygens (including phenoxy) is 1. The van der Waals surface area contributed by atoms with Gasteiger partial charge in [0.05, 0.1) is 18.9 Å². The van der Waals surface area contributed by atoms with Crippen molar-refractivity contribution in [2.75, 3.05) is 38.2 Å². The van der Waals surface area contributed by atoms with Crippen molar-refractivity contribution in [1.29, 1.82) is 0 Å². The largest absolute Gasteiger partial charge is 0.496 e. The van der Waals surface area contributed by atoms with Gasteiger partial charge < -0.3 is 14.5 Å². The molecule has 1 amide bonds. The lowest BCUT2D eigenvalue weighted by Crippen LogP contribution is -2.49. The first-order valence-electron chi connectivity index (χ1n) is 8.65. The lowest BCUT2D eigenvalue weighted by molar-refractivity contribution is 0.0743. The highest BCUT2D eigenvalue weighted by Crippen LogP contribution is 2.25. The van der Waals surface area contributed by atoms with Gasteiger partial charge in [0, 0.05) is 37.0 Å². The van der Waals surface area contributed by atoms with E-state index in [-0.39, 0.29) is 5.91 Å². The zero-order chi connectivity index (χ0) is 17.9. The SMILES string of the molecule is COc1ccccc1C(=O)N1CCN(c2nncc3ccccc23)CC1. The summed E-state index contributed by atoms with van der Waals surface area (Å²) in [4.78, 5) is 16.9. The van der Waals surface area contributed by atoms with Crippen LogP contribution < -0.4 is 9.64 Å². The molecule has 0 bridgehead atoms. The molecule has 1 fully saturated rings. The van der Waals surface area contributed by atoms with Gasteiger partial charge in [0.1, 0.15) is 5.75 Å². The van der Waals surface area contributed by atoms with Crippen molar-refractivity contribution in [3.8, 4) is 5.75 Å². The summed E-state index contributed by atoms with van der Waals surface area (Å²) in [6, 6.07) is 15.5. The van der Waals surface area contributed by atoms with Crippen LogP contribution in [0.1, 0.15) is 10.4 Å². The maximum Gasteiger partial charge on any atom is 0.257 e. The quantitative estimate of drug-likeness (QED) is 0.728. The number of benzene rings is 2. The Kier molecular flexibility index (Phi) is 4.39. The van der Waals surface area contributed by atoms with Crippen molar-refractivity contribution in [3.05, 3.63) is 60.3 Å². The Balaban J connectivity index is 1.51. The number of nitrogens with zero attached hydrogens (tertiary/aromatic N) is 4. The Morgan fingerprint density at radius 1 is 1.00 bits per heavy atom. The van der Waals surface area contributed by atoms with E-state index in [4.69, 9.17) is 4.74 Å². The van der Waals surface area contributed by atoms with Gasteiger partial charge in [0.2, 0.25) is 0 Å². The van der Waals surface area contributed by atoms with Crippen LogP contribution in [-0.4, -0.2) is 54.3 Å². The number of rotatable bonds is 3. The highest BCUT2D eigenvalue weighted by Gasteiger charge is 2.25. The van der Waals surface area contributed by atoms with E-state index in [0.717, 1.165) is 29.7 Å². The summed E-state index contributed by atoms with van der Waals surface area (Å²) in [5.41, 5.74) is 0.605. The highest BCUT2D eigenvalue weighted by molar-refractivity contribution is 5.97. The minimum absolute atomic E-state index is 0.00565. The van der Waals surface area contributed by atoms with Crippen LogP contribution in [0.4, 0.5) is 5.82 Å². The Hall–Kier alpha value is -3.15. The summed E-state index contributed by atoms with van der Waals surface area (Å²) in [5, 5.41) is 10.6. The van der Waals surface area contributed by atoms with Crippen molar-refractivity contribution >= 4 is 22.5 Å². The van der Waals surface area contributed by atoms with E-state index in [0.29, 0.717) is 24.4 Å². The van der Waals surface area contributed by atoms with Crippen LogP contribution in [-0.2, 0) is 0 Å². The van der Waals surface area contributed by atoms with Crippen molar-refractivity contribution in [2.45, 2.75) is 0 Å². The van der Waals surface area contributed by atoms with Crippen LogP contribution in [0.25, 0.3) is 10.8 Å². The topological polar surface area (TPSA) is 58.6 Å². The maximum atomic E-state index is 12.8. The number of hydrogen-bond acceptors (Lipinski definition) is 5. The molecule has 1 aromatic heterocycles. The van der Waals surface area contributed by atoms with Gasteiger partial charge in [-0.25, -0.2) is 0 Å². The molecule has 4 rings (SSSR count). The molecule has 0 saturated carbocycles. The van der Waals surface area contributed by atoms with Crippen molar-refractivity contribution in [3.63, 3.8) is 0 Å². The van der Waals surface area contributed by atoms with Crippen LogP contribution >= 0.6 is 0 Å². The Morgan fingerprint density at radius 3 is 2.54 bits per heavy atom. The monoisotopic (exact) mass is 348 g/mol. The molecule has 2 aromatic carbocycles. The van der Waals surface area contributed by atoms with Gasteiger partial charge in [-0.2, -0.15) is 5.10 Å². The zero-order valence-corrected chi connectivity index (χ0v) is 14.6. The van der Waals surface area contributed by atoms with Gasteiger partial charge in [0.15, 0.2) is 5.82 Å². The van der Waals surface area contributed by atoms with E-state index in [1.54, 1.807) is 13.3 Å². The number of aromatic nitrogens is 2. The third-order valence-electron chi connectivity index (χ3n) is 4.75. The fourth-order valence-corrected chi connectivity index (χ4v) is 3.36. The van der Waals surface area contributed by atoms with Gasteiger partial charge in [0.25, 0.3) is 5.91 Å². The molecular weight excluding hydrogens is 328 g/mol. The first-order valence-corrected chi connectivity index (χ1v) is 8.65. The second-order valence-electron chi connectivity index (χ2n) is 6.23. The number of fused-ring (bicyclic) bond motifs is 1. The predicted octanol–water partition coefficient (Wildman–Crippen LogP) is 2.60. The van der Waals surface area contributed by atoms with Crippen LogP contribution in [0.15, 0.2) is 54.7 Å². The average Bonchev–Trinajstić information content (AvgIpc) is 2.73. The van der Waals surface area contributed by atoms with E-state index in [9.17, 15) is 4.79 Å². The molecule has 2 heterocycles. The van der Waals surface area contributed by atoms with E-state index in [2.05, 4.69) is 21.2 Å². The third kappa shape index (κ3) is 2.94. The van der Waals surface area contributed by atoms with Crippen molar-refractivity contribution in [1.82, 2.24) is 15.1 Å². The lowest BCUT2D eigenvalue weighted by atomic mass is 10.1. The van der Waals surface area contributed by atoms with Crippen molar-refractivity contribution in [2.24, 2.45) is 0 Å². The number of anilines is 1. The van der Waals surface area contributed by atoms with Crippen molar-refractivity contribution < 1.29 is 9.53 Å². The summed E-state index contributed by atoms with van der Waals surface area (Å²) in [6.07, 6.45) is 1.78. The van der Waals surface area contributed by atoms with Crippen LogP contribution in [0.5, 0.6) is 5.75 Å². The van der Waals surface area contributed by atoms with E-state index >= 15 is 0 Å². The lowest BCUT2D eigenvalue weighted by Gasteiger charge is -2.35. The second-order valence-corrected chi connectivity index (χ2v) is 6.23. The molecule has 6 heteroatoms. The fourth-order valence-electron chi connectivity index (χ4n) is 3.36. The van der Waals surface area contributed by atoms with E-state index < -0.39 is 0 Å². The zero-order valence-electron chi connectivity index (χ0n) is 14.6. The van der Waals surface area contributed by atoms with Crippen LogP contribution in [0.2, 0.25) is 0 Å². The molecule has 3 aromatic rings. The minimum atomic E-state index is 0.00565. The summed E-state index contributed by atoms with van der Waals surface area (Å²) in [5.74, 6) is 1.50. The molecular formula is C20H20N4O2. The third-order valence-corrected chi connectivity index (χ3v) is 4.75. The molecule has 0 N–H and O–H groups in total. The molecule has 0 atom stereocenters. The molecule has 0 spiro atoms. The Morgan fingerprint density at radius 2 is 1.73 bits per heavy atom. The molecule has 0 aliphatic carbocycles. The predicted molar refractivity (Wildman–Crippen MR) is 101 cm³/mol. The highest BCUT2D eigenvalue weighted by atomic mass is 16.5. The summed E-state index contributed by atoms with van der Waals surface area (Å²) in [6.45, 7) is 2.73. The summed E-state index contributed by atoms with van der Waals surface area (Å²) in [7, 11) is 1.59. The number of amides is 1. The molecule has 132 valence electrons. The normalized spacial score (nSPS) is 14.5. The van der Waals surface area contributed by atoms with Crippen LogP contribution in [0, 0.1) is 0 Å². The Bertz CT molecular complexity index is 931. The minimum Gasteiger partial charge on any atom is -0.496 e. The smallest absolute Gasteiger partial charge is 0.257 e. The van der Waals surface area contributed by atoms with Gasteiger partial charge in [-0.05, 0) is 12.1 Å². The van der Waals surface area contributed by atoms with Gasteiger partial charge >= 0.3 is 0 Å². The molecule has 1 aliphatic heterocycles. The number of methoxy groups -OCH3 is 1. The number of piperazine rings is 1. The second kappa shape index (κ2) is 7.00. The number of carbonyl (C=O) groups excluding carboxylic acids is 1. The Labute approximate surface area is 152 Å². The fraction of sp³-hybridized carbons (Fsp3) is 0.250. The molecule has 1 aliphatic rings. The maximum absolute atomic E-state index is 12.8. The summed E-state index contributed by atoms with van der Waals surface area (Å²) < 4.78 is 5.32. The van der Waals surface area contributed by atoms with E-state index in [1.807, 2.05) is 47.4 Å². The average molecular weight is 348 g/mol. The standard InChI is InChI=1S/C20H20N4O2/c1-26-18-9-5-4-8-17(18)20(25)24-12-10-23(11-13-24)19-16-7-3-2-6-15(16)14-21-22-19/h2-9,14H,10-13H2,1H3. The number of hydrogen-bond donors (Lipinski definition) is 0. The van der Waals surface area contributed by atoms with Gasteiger partial charge in [-0.3, -0.25) is 4.79 Å². The molecule has 0 radical (unpaired) electrons. The summed E-state index contributed by atoms with van der Waals surface area (Å²) >= 11 is 0. The molecule has 0 unspecified atom stereocenters. The van der Waals surface area contributed by atoms with Crippen LogP contribution in [0.3, 0.4) is 0 Å².